The predicted octanol–water partition coefficient (Wildman–Crippen LogP) is 9.20. The quantitative estimate of drug-likeness (QED) is 0.137. The van der Waals surface area contributed by atoms with Gasteiger partial charge in [0.2, 0.25) is 11.8 Å². The SMILES string of the molecule is C#CCn1cc(C[C@H](NC(=O)OC(C)(C)C)C(=O)N2CC(C)(C)c3nc(O[Si](C)(C)C(C)(C)C)c(Cc4ccc(F)cc4)cc32)c2cccc(Cl)c21. The third kappa shape index (κ3) is 8.32. The molecule has 1 aliphatic rings. The van der Waals surface area contributed by atoms with Gasteiger partial charge in [0.1, 0.15) is 17.5 Å². The zero-order valence-corrected chi connectivity index (χ0v) is 33.7. The van der Waals surface area contributed by atoms with Crippen molar-refractivity contribution in [1.29, 1.82) is 0 Å². The van der Waals surface area contributed by atoms with Gasteiger partial charge < -0.3 is 23.9 Å². The Hall–Kier alpha value is -4.33. The summed E-state index contributed by atoms with van der Waals surface area (Å²) in [6, 6.07) is 12.9. The van der Waals surface area contributed by atoms with E-state index in [2.05, 4.69) is 45.1 Å². The molecule has 5 rings (SSSR count). The Bertz CT molecular complexity index is 2040. The topological polar surface area (TPSA) is 85.7 Å². The Kier molecular flexibility index (Phi) is 10.7. The minimum Gasteiger partial charge on any atom is -0.530 e. The van der Waals surface area contributed by atoms with Gasteiger partial charge >= 0.3 is 6.09 Å². The number of benzene rings is 2. The molecule has 11 heteroatoms. The van der Waals surface area contributed by atoms with Crippen molar-refractivity contribution in [1.82, 2.24) is 14.9 Å². The number of hydrogen-bond donors (Lipinski definition) is 1. The number of carbonyl (C=O) groups is 2. The number of terminal acetylenes is 1. The van der Waals surface area contributed by atoms with Gasteiger partial charge in [-0.1, -0.05) is 76.4 Å². The van der Waals surface area contributed by atoms with E-state index in [-0.39, 0.29) is 29.7 Å². The fourth-order valence-electron chi connectivity index (χ4n) is 6.25. The maximum absolute atomic E-state index is 14.9. The minimum atomic E-state index is -2.34. The standard InChI is InChI=1S/C41H50ClFN4O4Si/c1-12-20-46-24-28(30-14-13-15-31(42)34(30)46)22-32(44-38(49)50-39(2,3)4)37(48)47-25-41(8,9)35-33(47)23-27(21-26-16-18-29(43)19-17-26)36(45-35)51-52(10,11)40(5,6)7/h1,13-19,23-24,32H,20-22,25H2,2-11H3,(H,44,49)/t32-/m0/s1. The van der Waals surface area contributed by atoms with Gasteiger partial charge in [0.05, 0.1) is 28.5 Å². The van der Waals surface area contributed by atoms with Crippen molar-refractivity contribution in [3.05, 3.63) is 88.0 Å². The number of aromatic nitrogens is 2. The van der Waals surface area contributed by atoms with Crippen LogP contribution < -0.4 is 14.6 Å². The number of rotatable bonds is 9. The maximum atomic E-state index is 14.9. The van der Waals surface area contributed by atoms with E-state index in [0.29, 0.717) is 29.6 Å². The second-order valence-electron chi connectivity index (χ2n) is 16.8. The zero-order valence-electron chi connectivity index (χ0n) is 31.9. The van der Waals surface area contributed by atoms with Crippen LogP contribution in [0.5, 0.6) is 5.88 Å². The molecule has 4 aromatic rings. The smallest absolute Gasteiger partial charge is 0.408 e. The number of nitrogens with one attached hydrogen (secondary N) is 1. The van der Waals surface area contributed by atoms with Crippen molar-refractivity contribution < 1.29 is 23.1 Å². The van der Waals surface area contributed by atoms with Gasteiger partial charge in [0, 0.05) is 41.9 Å². The lowest BCUT2D eigenvalue weighted by Gasteiger charge is -2.36. The van der Waals surface area contributed by atoms with E-state index in [0.717, 1.165) is 33.3 Å². The van der Waals surface area contributed by atoms with Crippen LogP contribution >= 0.6 is 11.6 Å². The monoisotopic (exact) mass is 744 g/mol. The first-order valence-corrected chi connectivity index (χ1v) is 20.9. The van der Waals surface area contributed by atoms with Crippen LogP contribution in [0.1, 0.15) is 77.8 Å². The Morgan fingerprint density at radius 1 is 1.10 bits per heavy atom. The van der Waals surface area contributed by atoms with Gasteiger partial charge in [0.15, 0.2) is 0 Å². The molecule has 2 aromatic heterocycles. The minimum absolute atomic E-state index is 0.0908. The van der Waals surface area contributed by atoms with Gasteiger partial charge in [-0.05, 0) is 74.3 Å². The molecule has 1 atom stereocenters. The lowest BCUT2D eigenvalue weighted by atomic mass is 9.91. The number of pyridine rings is 1. The fraction of sp³-hybridized carbons (Fsp3) is 0.439. The van der Waals surface area contributed by atoms with Gasteiger partial charge in [-0.2, -0.15) is 0 Å². The number of amides is 2. The first-order valence-electron chi connectivity index (χ1n) is 17.6. The molecule has 0 radical (unpaired) electrons. The van der Waals surface area contributed by atoms with E-state index in [4.69, 9.17) is 32.2 Å². The normalized spacial score (nSPS) is 14.9. The number of fused-ring (bicyclic) bond motifs is 2. The molecule has 3 heterocycles. The molecular weight excluding hydrogens is 695 g/mol. The number of halogens is 2. The Morgan fingerprint density at radius 2 is 1.77 bits per heavy atom. The van der Waals surface area contributed by atoms with Crippen LogP contribution in [0.15, 0.2) is 54.7 Å². The summed E-state index contributed by atoms with van der Waals surface area (Å²) in [5.74, 6) is 2.57. The van der Waals surface area contributed by atoms with Gasteiger partial charge in [-0.15, -0.1) is 6.42 Å². The number of anilines is 1. The molecular formula is C41H50ClFN4O4Si. The van der Waals surface area contributed by atoms with Crippen LogP contribution in [-0.2, 0) is 34.3 Å². The highest BCUT2D eigenvalue weighted by molar-refractivity contribution is 6.74. The molecule has 8 nitrogen and oxygen atoms in total. The Morgan fingerprint density at radius 3 is 2.38 bits per heavy atom. The summed E-state index contributed by atoms with van der Waals surface area (Å²) in [6.07, 6.45) is 7.45. The number of nitrogens with zero attached hydrogens (tertiary/aromatic N) is 3. The predicted molar refractivity (Wildman–Crippen MR) is 209 cm³/mol. The highest BCUT2D eigenvalue weighted by atomic mass is 35.5. The van der Waals surface area contributed by atoms with Crippen LogP contribution in [0.25, 0.3) is 10.9 Å². The molecule has 2 amide bonds. The highest BCUT2D eigenvalue weighted by Gasteiger charge is 2.45. The largest absolute Gasteiger partial charge is 0.530 e. The van der Waals surface area contributed by atoms with Crippen molar-refractivity contribution in [2.45, 2.75) is 110 Å². The van der Waals surface area contributed by atoms with E-state index < -0.39 is 31.5 Å². The number of alkyl carbamates (subject to hydrolysis) is 1. The summed E-state index contributed by atoms with van der Waals surface area (Å²) in [6.45, 7) is 20.9. The second kappa shape index (κ2) is 14.2. The molecule has 2 aromatic carbocycles. The third-order valence-electron chi connectivity index (χ3n) is 9.87. The molecule has 52 heavy (non-hydrogen) atoms. The van der Waals surface area contributed by atoms with E-state index in [1.807, 2.05) is 42.8 Å². The number of para-hydroxylation sites is 1. The number of carbonyl (C=O) groups excluding carboxylic acids is 2. The third-order valence-corrected chi connectivity index (χ3v) is 14.5. The summed E-state index contributed by atoms with van der Waals surface area (Å²) in [7, 11) is -2.34. The molecule has 0 saturated heterocycles. The molecule has 0 aliphatic carbocycles. The zero-order chi connectivity index (χ0) is 38.4. The first-order chi connectivity index (χ1) is 24.1. The van der Waals surface area contributed by atoms with Crippen molar-refractivity contribution >= 4 is 48.5 Å². The van der Waals surface area contributed by atoms with Crippen molar-refractivity contribution in [2.75, 3.05) is 11.4 Å². The van der Waals surface area contributed by atoms with Crippen molar-refractivity contribution in [3.63, 3.8) is 0 Å². The van der Waals surface area contributed by atoms with Gasteiger partial charge in [-0.3, -0.25) is 4.79 Å². The molecule has 0 saturated carbocycles. The fourth-order valence-corrected chi connectivity index (χ4v) is 7.50. The lowest BCUT2D eigenvalue weighted by molar-refractivity contribution is -0.120. The van der Waals surface area contributed by atoms with Crippen LogP contribution in [0.4, 0.5) is 14.9 Å². The Balaban J connectivity index is 1.61. The number of ether oxygens (including phenoxy) is 1. The van der Waals surface area contributed by atoms with Gasteiger partial charge in [0.25, 0.3) is 8.32 Å². The average Bonchev–Trinajstić information content (AvgIpc) is 3.50. The average molecular weight is 745 g/mol. The van der Waals surface area contributed by atoms with Crippen molar-refractivity contribution in [3.8, 4) is 18.2 Å². The molecule has 0 bridgehead atoms. The van der Waals surface area contributed by atoms with Crippen molar-refractivity contribution in [2.24, 2.45) is 0 Å². The van der Waals surface area contributed by atoms with E-state index in [1.54, 1.807) is 43.9 Å². The van der Waals surface area contributed by atoms with E-state index in [1.165, 1.54) is 12.1 Å². The van der Waals surface area contributed by atoms with Crippen LogP contribution in [-0.4, -0.2) is 48.1 Å². The molecule has 0 spiro atoms. The first kappa shape index (κ1) is 38.9. The molecule has 1 N–H and O–H groups in total. The summed E-state index contributed by atoms with van der Waals surface area (Å²) in [4.78, 5) is 35.1. The molecule has 276 valence electrons. The highest BCUT2D eigenvalue weighted by Crippen LogP contribution is 2.45. The van der Waals surface area contributed by atoms with Crippen LogP contribution in [0.3, 0.4) is 0 Å². The summed E-state index contributed by atoms with van der Waals surface area (Å²) in [5.41, 5.74) is 3.27. The van der Waals surface area contributed by atoms with Gasteiger partial charge in [-0.25, -0.2) is 14.2 Å². The second-order valence-corrected chi connectivity index (χ2v) is 22.0. The summed E-state index contributed by atoms with van der Waals surface area (Å²) < 4.78 is 28.3. The number of hydrogen-bond acceptors (Lipinski definition) is 5. The van der Waals surface area contributed by atoms with Crippen LogP contribution in [0, 0.1) is 18.2 Å². The van der Waals surface area contributed by atoms with E-state index in [9.17, 15) is 14.0 Å². The maximum Gasteiger partial charge on any atom is 0.408 e. The summed E-state index contributed by atoms with van der Waals surface area (Å²) in [5, 5.41) is 4.17. The molecule has 1 aliphatic heterocycles. The molecule has 0 fully saturated rings. The lowest BCUT2D eigenvalue weighted by Crippen LogP contribution is -2.51. The molecule has 0 unspecified atom stereocenters. The Labute approximate surface area is 313 Å². The summed E-state index contributed by atoms with van der Waals surface area (Å²) >= 11 is 6.63. The van der Waals surface area contributed by atoms with Crippen LogP contribution in [0.2, 0.25) is 23.2 Å². The van der Waals surface area contributed by atoms with E-state index >= 15 is 0 Å².